The van der Waals surface area contributed by atoms with Crippen LogP contribution in [-0.2, 0) is 17.9 Å². The minimum Gasteiger partial charge on any atom is -0.473 e. The lowest BCUT2D eigenvalue weighted by atomic mass is 10.1. The zero-order valence-corrected chi connectivity index (χ0v) is 24.3. The van der Waals surface area contributed by atoms with E-state index in [-0.39, 0.29) is 0 Å². The number of carbonyl (C=O) groups excluding carboxylic acids is 1. The SMILES string of the molecule is COC(=O)c1ccc2nc(Oc3ccc(-c4cccc(OCc5ccc(Cl)cc5P)n4)cc3)n(Cc3cnco3)c2c1. The van der Waals surface area contributed by atoms with E-state index in [9.17, 15) is 4.79 Å². The van der Waals surface area contributed by atoms with E-state index in [1.165, 1.54) is 13.5 Å². The number of halogens is 1. The van der Waals surface area contributed by atoms with Gasteiger partial charge in [-0.25, -0.2) is 14.8 Å². The number of esters is 1. The van der Waals surface area contributed by atoms with Gasteiger partial charge >= 0.3 is 12.0 Å². The van der Waals surface area contributed by atoms with Gasteiger partial charge < -0.3 is 18.6 Å². The number of imidazole rings is 1. The standard InChI is InChI=1S/C31H24ClN4O5P/c1-38-30(37)20-8-12-26-27(13-20)36(16-24-15-33-18-40-24)31(35-26)41-23-10-6-19(7-11-23)25-3-2-4-29(34-25)39-17-21-5-9-22(32)14-28(21)42/h2-15,18H,16-17,42H2,1H3. The van der Waals surface area contributed by atoms with Gasteiger partial charge in [0, 0.05) is 16.7 Å². The van der Waals surface area contributed by atoms with Gasteiger partial charge in [0.2, 0.25) is 5.88 Å². The molecule has 0 saturated heterocycles. The molecule has 42 heavy (non-hydrogen) atoms. The molecule has 0 aliphatic rings. The molecule has 0 radical (unpaired) electrons. The summed E-state index contributed by atoms with van der Waals surface area (Å²) in [6.07, 6.45) is 2.98. The van der Waals surface area contributed by atoms with E-state index in [4.69, 9.17) is 30.2 Å². The molecular formula is C31H24ClN4O5P. The molecule has 0 aliphatic carbocycles. The van der Waals surface area contributed by atoms with Gasteiger partial charge in [-0.2, -0.15) is 4.98 Å². The van der Waals surface area contributed by atoms with E-state index in [1.54, 1.807) is 24.4 Å². The number of methoxy groups -OCH3 is 1. The van der Waals surface area contributed by atoms with Crippen LogP contribution < -0.4 is 14.8 Å². The molecule has 3 heterocycles. The number of oxazole rings is 1. The molecule has 0 aliphatic heterocycles. The molecule has 3 aromatic carbocycles. The van der Waals surface area contributed by atoms with Gasteiger partial charge in [0.25, 0.3) is 0 Å². The Hall–Kier alpha value is -4.72. The van der Waals surface area contributed by atoms with Crippen LogP contribution in [0.1, 0.15) is 21.7 Å². The Morgan fingerprint density at radius 3 is 2.64 bits per heavy atom. The Kier molecular flexibility index (Phi) is 7.86. The number of hydrogen-bond donors (Lipinski definition) is 0. The lowest BCUT2D eigenvalue weighted by Gasteiger charge is -2.11. The fraction of sp³-hybridized carbons (Fsp3) is 0.0968. The summed E-state index contributed by atoms with van der Waals surface area (Å²) < 4.78 is 24.3. The summed E-state index contributed by atoms with van der Waals surface area (Å²) >= 11 is 6.05. The second kappa shape index (κ2) is 12.0. The van der Waals surface area contributed by atoms with Crippen LogP contribution in [0.3, 0.4) is 0 Å². The number of benzene rings is 3. The van der Waals surface area contributed by atoms with Crippen molar-refractivity contribution in [3.63, 3.8) is 0 Å². The molecule has 0 fully saturated rings. The first kappa shape index (κ1) is 27.4. The van der Waals surface area contributed by atoms with Gasteiger partial charge in [0.15, 0.2) is 6.39 Å². The molecule has 210 valence electrons. The average molecular weight is 599 g/mol. The van der Waals surface area contributed by atoms with Crippen LogP contribution in [0.5, 0.6) is 17.6 Å². The van der Waals surface area contributed by atoms with Crippen LogP contribution >= 0.6 is 20.8 Å². The number of fused-ring (bicyclic) bond motifs is 1. The molecule has 3 aromatic heterocycles. The van der Waals surface area contributed by atoms with E-state index >= 15 is 0 Å². The summed E-state index contributed by atoms with van der Waals surface area (Å²) in [4.78, 5) is 25.5. The van der Waals surface area contributed by atoms with Crippen molar-refractivity contribution in [1.82, 2.24) is 19.5 Å². The third-order valence-corrected chi connectivity index (χ3v) is 7.27. The predicted octanol–water partition coefficient (Wildman–Crippen LogP) is 6.45. The van der Waals surface area contributed by atoms with Gasteiger partial charge in [-0.1, -0.05) is 23.7 Å². The molecule has 0 amide bonds. The highest BCUT2D eigenvalue weighted by molar-refractivity contribution is 7.27. The summed E-state index contributed by atoms with van der Waals surface area (Å²) in [6, 6.07) is 24.3. The van der Waals surface area contributed by atoms with Crippen molar-refractivity contribution >= 4 is 43.1 Å². The normalized spacial score (nSPS) is 11.0. The molecule has 6 aromatic rings. The van der Waals surface area contributed by atoms with E-state index in [1.807, 2.05) is 65.2 Å². The monoisotopic (exact) mass is 598 g/mol. The van der Waals surface area contributed by atoms with Crippen molar-refractivity contribution in [2.75, 3.05) is 7.11 Å². The third kappa shape index (κ3) is 5.98. The van der Waals surface area contributed by atoms with Gasteiger partial charge in [-0.15, -0.1) is 9.24 Å². The van der Waals surface area contributed by atoms with Crippen LogP contribution in [-0.4, -0.2) is 32.6 Å². The topological polar surface area (TPSA) is 102 Å². The second-order valence-corrected chi connectivity index (χ2v) is 10.3. The predicted molar refractivity (Wildman–Crippen MR) is 162 cm³/mol. The fourth-order valence-electron chi connectivity index (χ4n) is 4.36. The Bertz CT molecular complexity index is 1870. The first-order valence-corrected chi connectivity index (χ1v) is 13.8. The quantitative estimate of drug-likeness (QED) is 0.138. The number of aromatic nitrogens is 4. The van der Waals surface area contributed by atoms with Gasteiger partial charge in [0.1, 0.15) is 18.1 Å². The largest absolute Gasteiger partial charge is 0.473 e. The summed E-state index contributed by atoms with van der Waals surface area (Å²) in [5, 5.41) is 1.66. The average Bonchev–Trinajstić information content (AvgIpc) is 3.64. The molecule has 6 rings (SSSR count). The highest BCUT2D eigenvalue weighted by atomic mass is 35.5. The minimum absolute atomic E-state index is 0.305. The zero-order valence-electron chi connectivity index (χ0n) is 22.4. The number of pyridine rings is 1. The van der Waals surface area contributed by atoms with Crippen molar-refractivity contribution in [3.05, 3.63) is 113 Å². The number of hydrogen-bond acceptors (Lipinski definition) is 8. The third-order valence-electron chi connectivity index (χ3n) is 6.50. The maximum absolute atomic E-state index is 12.1. The smallest absolute Gasteiger partial charge is 0.337 e. The highest BCUT2D eigenvalue weighted by Gasteiger charge is 2.17. The molecular weight excluding hydrogens is 575 g/mol. The Morgan fingerprint density at radius 2 is 1.88 bits per heavy atom. The van der Waals surface area contributed by atoms with E-state index in [0.717, 1.165) is 22.1 Å². The lowest BCUT2D eigenvalue weighted by molar-refractivity contribution is 0.0601. The van der Waals surface area contributed by atoms with E-state index in [2.05, 4.69) is 24.2 Å². The van der Waals surface area contributed by atoms with Crippen LogP contribution in [0.15, 0.2) is 95.9 Å². The van der Waals surface area contributed by atoms with Crippen LogP contribution in [0.4, 0.5) is 0 Å². The van der Waals surface area contributed by atoms with Crippen LogP contribution in [0, 0.1) is 0 Å². The molecule has 1 atom stereocenters. The first-order valence-electron chi connectivity index (χ1n) is 12.8. The number of rotatable bonds is 9. The van der Waals surface area contributed by atoms with Gasteiger partial charge in [-0.3, -0.25) is 4.57 Å². The molecule has 0 N–H and O–H groups in total. The molecule has 9 nitrogen and oxygen atoms in total. The minimum atomic E-state index is -0.440. The summed E-state index contributed by atoms with van der Waals surface area (Å²) in [7, 11) is 4.02. The second-order valence-electron chi connectivity index (χ2n) is 9.26. The summed E-state index contributed by atoms with van der Waals surface area (Å²) in [6.45, 7) is 0.676. The highest BCUT2D eigenvalue weighted by Crippen LogP contribution is 2.30. The molecule has 11 heteroatoms. The maximum Gasteiger partial charge on any atom is 0.337 e. The zero-order chi connectivity index (χ0) is 29.1. The lowest BCUT2D eigenvalue weighted by Crippen LogP contribution is -2.06. The van der Waals surface area contributed by atoms with Crippen molar-refractivity contribution in [1.29, 1.82) is 0 Å². The van der Waals surface area contributed by atoms with E-state index in [0.29, 0.717) is 58.2 Å². The Balaban J connectivity index is 1.22. The van der Waals surface area contributed by atoms with Crippen LogP contribution in [0.2, 0.25) is 5.02 Å². The fourth-order valence-corrected chi connectivity index (χ4v) is 5.00. The molecule has 0 spiro atoms. The molecule has 0 saturated carbocycles. The number of carbonyl (C=O) groups is 1. The summed E-state index contributed by atoms with van der Waals surface area (Å²) in [5.41, 5.74) is 4.41. The molecule has 0 bridgehead atoms. The van der Waals surface area contributed by atoms with Crippen molar-refractivity contribution in [3.8, 4) is 28.9 Å². The summed E-state index contributed by atoms with van der Waals surface area (Å²) in [5.74, 6) is 1.25. The first-order chi connectivity index (χ1) is 20.5. The van der Waals surface area contributed by atoms with Crippen molar-refractivity contribution in [2.45, 2.75) is 13.2 Å². The number of ether oxygens (including phenoxy) is 3. The van der Waals surface area contributed by atoms with Gasteiger partial charge in [0.05, 0.1) is 42.1 Å². The maximum atomic E-state index is 12.1. The Labute approximate surface area is 248 Å². The van der Waals surface area contributed by atoms with Crippen molar-refractivity contribution in [2.24, 2.45) is 0 Å². The Morgan fingerprint density at radius 1 is 1.02 bits per heavy atom. The van der Waals surface area contributed by atoms with E-state index < -0.39 is 5.97 Å². The van der Waals surface area contributed by atoms with Crippen LogP contribution in [0.25, 0.3) is 22.3 Å². The number of nitrogens with zero attached hydrogens (tertiary/aromatic N) is 4. The van der Waals surface area contributed by atoms with Gasteiger partial charge in [-0.05, 0) is 71.5 Å². The molecule has 1 unspecified atom stereocenters. The van der Waals surface area contributed by atoms with Crippen molar-refractivity contribution < 1.29 is 23.4 Å².